The van der Waals surface area contributed by atoms with Crippen molar-refractivity contribution >= 4 is 28.9 Å². The summed E-state index contributed by atoms with van der Waals surface area (Å²) in [6, 6.07) is 13.3. The van der Waals surface area contributed by atoms with Gasteiger partial charge >= 0.3 is 0 Å². The largest absolute Gasteiger partial charge is 0.378 e. The summed E-state index contributed by atoms with van der Waals surface area (Å²) >= 11 is 0. The first-order chi connectivity index (χ1) is 14.8. The number of aryl methyl sites for hydroxylation is 2. The van der Waals surface area contributed by atoms with Crippen LogP contribution in [0.2, 0.25) is 0 Å². The second kappa shape index (κ2) is 10.4. The lowest BCUT2D eigenvalue weighted by Gasteiger charge is -2.29. The molecule has 1 heterocycles. The van der Waals surface area contributed by atoms with Crippen LogP contribution in [0.1, 0.15) is 18.1 Å². The SMILES string of the molecule is Cc1ccc(C)c(NC(=O)CN(C)[C@@H](C)C(=O)Nc2ccc(N3CCOCC3)cc2)c1. The summed E-state index contributed by atoms with van der Waals surface area (Å²) in [4.78, 5) is 29.1. The second-order valence-electron chi connectivity index (χ2n) is 8.09. The van der Waals surface area contributed by atoms with E-state index < -0.39 is 6.04 Å². The third kappa shape index (κ3) is 6.29. The van der Waals surface area contributed by atoms with E-state index in [1.165, 1.54) is 0 Å². The molecule has 0 saturated carbocycles. The fourth-order valence-electron chi connectivity index (χ4n) is 3.45. The van der Waals surface area contributed by atoms with Crippen molar-refractivity contribution in [3.8, 4) is 0 Å². The molecule has 0 aliphatic carbocycles. The van der Waals surface area contributed by atoms with Gasteiger partial charge in [0.2, 0.25) is 11.8 Å². The van der Waals surface area contributed by atoms with Gasteiger partial charge in [0.05, 0.1) is 25.8 Å². The van der Waals surface area contributed by atoms with Crippen molar-refractivity contribution in [2.24, 2.45) is 0 Å². The van der Waals surface area contributed by atoms with Crippen LogP contribution in [0.25, 0.3) is 0 Å². The van der Waals surface area contributed by atoms with E-state index in [4.69, 9.17) is 4.74 Å². The third-order valence-corrected chi connectivity index (χ3v) is 5.61. The number of ether oxygens (including phenoxy) is 1. The minimum atomic E-state index is -0.455. The number of carbonyl (C=O) groups is 2. The van der Waals surface area contributed by atoms with E-state index in [2.05, 4.69) is 15.5 Å². The molecule has 1 aliphatic rings. The highest BCUT2D eigenvalue weighted by molar-refractivity contribution is 5.96. The zero-order valence-corrected chi connectivity index (χ0v) is 18.8. The smallest absolute Gasteiger partial charge is 0.241 e. The normalized spacial score (nSPS) is 14.9. The molecule has 1 fully saturated rings. The topological polar surface area (TPSA) is 73.9 Å². The van der Waals surface area contributed by atoms with Gasteiger partial charge < -0.3 is 20.3 Å². The van der Waals surface area contributed by atoms with Crippen molar-refractivity contribution in [3.63, 3.8) is 0 Å². The molecule has 0 unspecified atom stereocenters. The van der Waals surface area contributed by atoms with Crippen LogP contribution in [-0.4, -0.2) is 62.7 Å². The minimum absolute atomic E-state index is 0.123. The molecule has 2 N–H and O–H groups in total. The summed E-state index contributed by atoms with van der Waals surface area (Å²) in [5, 5.41) is 5.87. The molecule has 7 nitrogen and oxygen atoms in total. The fourth-order valence-corrected chi connectivity index (χ4v) is 3.45. The van der Waals surface area contributed by atoms with Crippen LogP contribution in [0, 0.1) is 13.8 Å². The van der Waals surface area contributed by atoms with Gasteiger partial charge in [0.1, 0.15) is 0 Å². The van der Waals surface area contributed by atoms with Gasteiger partial charge in [-0.2, -0.15) is 0 Å². The van der Waals surface area contributed by atoms with E-state index in [9.17, 15) is 9.59 Å². The van der Waals surface area contributed by atoms with Crippen molar-refractivity contribution in [2.75, 3.05) is 55.4 Å². The Labute approximate surface area is 184 Å². The summed E-state index contributed by atoms with van der Waals surface area (Å²) in [5.74, 6) is -0.299. The molecule has 0 bridgehead atoms. The molecule has 2 amide bonds. The van der Waals surface area contributed by atoms with E-state index in [0.29, 0.717) is 0 Å². The van der Waals surface area contributed by atoms with Gasteiger partial charge in [0, 0.05) is 30.2 Å². The van der Waals surface area contributed by atoms with E-state index in [0.717, 1.165) is 54.5 Å². The molecule has 166 valence electrons. The molecule has 1 atom stereocenters. The average Bonchev–Trinajstić information content (AvgIpc) is 2.76. The second-order valence-corrected chi connectivity index (χ2v) is 8.09. The molecule has 31 heavy (non-hydrogen) atoms. The Balaban J connectivity index is 1.51. The van der Waals surface area contributed by atoms with Crippen LogP contribution in [0.4, 0.5) is 17.1 Å². The Morgan fingerprint density at radius 2 is 1.74 bits per heavy atom. The number of likely N-dealkylation sites (N-methyl/N-ethyl adjacent to an activating group) is 1. The maximum atomic E-state index is 12.7. The Bertz CT molecular complexity index is 908. The Kier molecular flexibility index (Phi) is 7.65. The number of amides is 2. The van der Waals surface area contributed by atoms with Crippen LogP contribution >= 0.6 is 0 Å². The first kappa shape index (κ1) is 22.8. The molecule has 0 radical (unpaired) electrons. The zero-order chi connectivity index (χ0) is 22.4. The number of benzene rings is 2. The quantitative estimate of drug-likeness (QED) is 0.715. The lowest BCUT2D eigenvalue weighted by Crippen LogP contribution is -2.43. The number of nitrogens with zero attached hydrogens (tertiary/aromatic N) is 2. The molecular formula is C24H32N4O3. The highest BCUT2D eigenvalue weighted by atomic mass is 16.5. The standard InChI is InChI=1S/C24H32N4O3/c1-17-5-6-18(2)22(15-17)26-23(29)16-27(4)19(3)24(30)25-20-7-9-21(10-8-20)28-11-13-31-14-12-28/h5-10,15,19H,11-14,16H2,1-4H3,(H,25,30)(H,26,29)/t19-/m0/s1. The predicted octanol–water partition coefficient (Wildman–Crippen LogP) is 3.04. The van der Waals surface area contributed by atoms with Crippen molar-refractivity contribution in [3.05, 3.63) is 53.6 Å². The van der Waals surface area contributed by atoms with Crippen LogP contribution in [0.5, 0.6) is 0 Å². The summed E-state index contributed by atoms with van der Waals surface area (Å²) in [5.41, 5.74) is 4.75. The van der Waals surface area contributed by atoms with Gasteiger partial charge in [0.15, 0.2) is 0 Å². The van der Waals surface area contributed by atoms with Gasteiger partial charge in [-0.05, 0) is 69.3 Å². The van der Waals surface area contributed by atoms with Crippen molar-refractivity contribution < 1.29 is 14.3 Å². The van der Waals surface area contributed by atoms with Crippen LogP contribution < -0.4 is 15.5 Å². The summed E-state index contributed by atoms with van der Waals surface area (Å²) < 4.78 is 5.39. The number of hydrogen-bond donors (Lipinski definition) is 2. The number of carbonyl (C=O) groups excluding carboxylic acids is 2. The van der Waals surface area contributed by atoms with Crippen molar-refractivity contribution in [2.45, 2.75) is 26.8 Å². The Morgan fingerprint density at radius 3 is 2.42 bits per heavy atom. The molecule has 1 aliphatic heterocycles. The maximum Gasteiger partial charge on any atom is 0.241 e. The molecule has 2 aromatic carbocycles. The van der Waals surface area contributed by atoms with E-state index in [1.54, 1.807) is 18.9 Å². The van der Waals surface area contributed by atoms with E-state index in [-0.39, 0.29) is 18.4 Å². The predicted molar refractivity (Wildman–Crippen MR) is 125 cm³/mol. The molecule has 2 aromatic rings. The number of hydrogen-bond acceptors (Lipinski definition) is 5. The fraction of sp³-hybridized carbons (Fsp3) is 0.417. The van der Waals surface area contributed by atoms with Gasteiger partial charge in [-0.1, -0.05) is 12.1 Å². The summed E-state index contributed by atoms with van der Waals surface area (Å²) in [7, 11) is 1.77. The zero-order valence-electron chi connectivity index (χ0n) is 18.8. The van der Waals surface area contributed by atoms with Crippen LogP contribution in [0.15, 0.2) is 42.5 Å². The summed E-state index contributed by atoms with van der Waals surface area (Å²) in [6.45, 7) is 9.08. The Hall–Kier alpha value is -2.90. The van der Waals surface area contributed by atoms with Gasteiger partial charge in [0.25, 0.3) is 0 Å². The number of morpholine rings is 1. The molecule has 0 aromatic heterocycles. The maximum absolute atomic E-state index is 12.7. The van der Waals surface area contributed by atoms with Gasteiger partial charge in [-0.3, -0.25) is 14.5 Å². The number of nitrogens with one attached hydrogen (secondary N) is 2. The number of rotatable bonds is 7. The average molecular weight is 425 g/mol. The van der Waals surface area contributed by atoms with E-state index in [1.807, 2.05) is 56.3 Å². The molecule has 1 saturated heterocycles. The van der Waals surface area contributed by atoms with Gasteiger partial charge in [-0.25, -0.2) is 0 Å². The first-order valence-electron chi connectivity index (χ1n) is 10.6. The van der Waals surface area contributed by atoms with E-state index >= 15 is 0 Å². The number of anilines is 3. The Morgan fingerprint density at radius 1 is 1.06 bits per heavy atom. The molecular weight excluding hydrogens is 392 g/mol. The minimum Gasteiger partial charge on any atom is -0.378 e. The first-order valence-corrected chi connectivity index (χ1v) is 10.6. The summed E-state index contributed by atoms with van der Waals surface area (Å²) in [6.07, 6.45) is 0. The highest BCUT2D eigenvalue weighted by Gasteiger charge is 2.21. The van der Waals surface area contributed by atoms with Crippen molar-refractivity contribution in [1.82, 2.24) is 4.90 Å². The highest BCUT2D eigenvalue weighted by Crippen LogP contribution is 2.20. The lowest BCUT2D eigenvalue weighted by molar-refractivity contribution is -0.122. The van der Waals surface area contributed by atoms with Crippen LogP contribution in [-0.2, 0) is 14.3 Å². The monoisotopic (exact) mass is 424 g/mol. The van der Waals surface area contributed by atoms with Crippen LogP contribution in [0.3, 0.4) is 0 Å². The third-order valence-electron chi connectivity index (χ3n) is 5.61. The lowest BCUT2D eigenvalue weighted by atomic mass is 10.1. The molecule has 7 heteroatoms. The van der Waals surface area contributed by atoms with Gasteiger partial charge in [-0.15, -0.1) is 0 Å². The molecule has 3 rings (SSSR count). The molecule has 0 spiro atoms. The van der Waals surface area contributed by atoms with Crippen molar-refractivity contribution in [1.29, 1.82) is 0 Å².